The number of ether oxygens (including phenoxy) is 4. The third-order valence-electron chi connectivity index (χ3n) is 12.2. The number of hydrogen-bond donors (Lipinski definition) is 0. The van der Waals surface area contributed by atoms with Gasteiger partial charge in [0.25, 0.3) is 0 Å². The van der Waals surface area contributed by atoms with Gasteiger partial charge in [-0.2, -0.15) is 0 Å². The first-order valence-corrected chi connectivity index (χ1v) is 24.5. The van der Waals surface area contributed by atoms with E-state index in [0.717, 1.165) is 69.5 Å². The van der Waals surface area contributed by atoms with E-state index in [0.29, 0.717) is 92.6 Å². The van der Waals surface area contributed by atoms with Crippen LogP contribution in [-0.4, -0.2) is 54.3 Å². The van der Waals surface area contributed by atoms with Crippen LogP contribution in [0.15, 0.2) is 72.8 Å². The van der Waals surface area contributed by atoms with Crippen molar-refractivity contribution >= 4 is 44.1 Å². The molecule has 4 unspecified atom stereocenters. The maximum absolute atomic E-state index is 6.74. The summed E-state index contributed by atoms with van der Waals surface area (Å²) < 4.78 is 27.0. The molecule has 4 aromatic carbocycles. The molecule has 2 aliphatic heterocycles. The van der Waals surface area contributed by atoms with Crippen LogP contribution in [0.1, 0.15) is 109 Å². The summed E-state index contributed by atoms with van der Waals surface area (Å²) >= 11 is 0. The van der Waals surface area contributed by atoms with Gasteiger partial charge in [-0.25, -0.2) is 9.97 Å². The van der Waals surface area contributed by atoms with Crippen molar-refractivity contribution in [3.63, 3.8) is 0 Å². The molecular weight excluding hydrogens is 907 g/mol. The van der Waals surface area contributed by atoms with Gasteiger partial charge in [0, 0.05) is 44.5 Å². The van der Waals surface area contributed by atoms with Crippen LogP contribution in [0.5, 0.6) is 23.0 Å². The molecule has 0 amide bonds. The molecule has 3 aromatic heterocycles. The van der Waals surface area contributed by atoms with Crippen molar-refractivity contribution in [2.24, 2.45) is 23.7 Å². The molecule has 5 heterocycles. The molecule has 2 aliphatic rings. The Morgan fingerprint density at radius 3 is 1.01 bits per heavy atom. The molecule has 12 nitrogen and oxygen atoms in total. The Labute approximate surface area is 415 Å². The molecule has 69 heavy (non-hydrogen) atoms. The number of nitrogens with zero attached hydrogens (tertiary/aromatic N) is 8. The van der Waals surface area contributed by atoms with E-state index in [1.54, 1.807) is 0 Å². The second-order valence-corrected chi connectivity index (χ2v) is 20.4. The summed E-state index contributed by atoms with van der Waals surface area (Å²) in [6, 6.07) is 23.9. The Morgan fingerprint density at radius 2 is 0.667 bits per heavy atom. The van der Waals surface area contributed by atoms with Crippen LogP contribution in [0.4, 0.5) is 0 Å². The number of fused-ring (bicyclic) bond motifs is 20. The van der Waals surface area contributed by atoms with E-state index in [1.165, 1.54) is 0 Å². The minimum absolute atomic E-state index is 0. The third-order valence-corrected chi connectivity index (χ3v) is 12.2. The van der Waals surface area contributed by atoms with Crippen molar-refractivity contribution in [2.45, 2.75) is 133 Å². The molecule has 0 aliphatic carbocycles. The molecule has 0 saturated heterocycles. The molecule has 9 rings (SSSR count). The van der Waals surface area contributed by atoms with E-state index in [-0.39, 0.29) is 40.9 Å². The molecule has 0 radical (unpaired) electrons. The Kier molecular flexibility index (Phi) is 14.7. The first-order valence-electron chi connectivity index (χ1n) is 24.5. The van der Waals surface area contributed by atoms with Gasteiger partial charge in [0.1, 0.15) is 23.0 Å². The zero-order valence-electron chi connectivity index (χ0n) is 41.9. The smallest absolute Gasteiger partial charge is 0.490 e. The maximum atomic E-state index is 6.74. The van der Waals surface area contributed by atoms with Gasteiger partial charge < -0.3 is 48.9 Å². The second-order valence-electron chi connectivity index (χ2n) is 20.4. The zero-order valence-corrected chi connectivity index (χ0v) is 42.9. The van der Waals surface area contributed by atoms with Crippen LogP contribution in [0.2, 0.25) is 0 Å². The van der Waals surface area contributed by atoms with E-state index in [9.17, 15) is 0 Å². The fraction of sp³-hybridized carbons (Fsp3) is 0.429. The third kappa shape index (κ3) is 10.4. The van der Waals surface area contributed by atoms with Gasteiger partial charge in [0.2, 0.25) is 0 Å². The van der Waals surface area contributed by atoms with E-state index in [4.69, 9.17) is 58.8 Å². The molecule has 8 bridgehead atoms. The van der Waals surface area contributed by atoms with Gasteiger partial charge in [-0.3, -0.25) is 0 Å². The van der Waals surface area contributed by atoms with Gasteiger partial charge >= 0.3 is 16.5 Å². The number of hydrogen-bond acceptors (Lipinski definition) is 10. The monoisotopic (exact) mass is 970 g/mol. The average Bonchev–Trinajstić information content (AvgIpc) is 3.99. The van der Waals surface area contributed by atoms with Gasteiger partial charge in [-0.1, -0.05) is 104 Å². The quantitative estimate of drug-likeness (QED) is 0.0850. The van der Waals surface area contributed by atoms with Gasteiger partial charge in [0.05, 0.1) is 58.8 Å². The van der Waals surface area contributed by atoms with Crippen LogP contribution < -0.4 is 28.9 Å². The molecule has 0 N–H and O–H groups in total. The molecule has 0 spiro atoms. The summed E-state index contributed by atoms with van der Waals surface area (Å²) in [4.78, 5) is 42.2. The number of aromatic nitrogens is 8. The van der Waals surface area contributed by atoms with E-state index >= 15 is 0 Å². The van der Waals surface area contributed by atoms with Crippen LogP contribution in [-0.2, 0) is 16.5 Å². The van der Waals surface area contributed by atoms with Crippen molar-refractivity contribution in [3.8, 4) is 68.5 Å². The summed E-state index contributed by atoms with van der Waals surface area (Å²) in [5.41, 5.74) is 4.70. The fourth-order valence-corrected chi connectivity index (χ4v) is 9.83. The summed E-state index contributed by atoms with van der Waals surface area (Å²) in [6.07, 6.45) is 3.21. The molecule has 7 aromatic rings. The standard InChI is InChI=1S/C56H64N8O4.Ni/c1-29(2)25-33(9)65-41-21-13-17-37-45(41)53-57-49(37)62-54-47-39(19-15-23-43(47)67-35(11)27-31(5)6)51(59-54)64-56-48-40(20-16-24-44(48)68-36(12)28-32(7)8)52(60-56)63-55-46-38(50(58-55)61-53)18-14-22-42(46)66-34(10)26-30(3)4;/h13-24,29-36H,25-28H2,1-12H3;/q-2;+2. The first-order chi connectivity index (χ1) is 32.6. The molecule has 0 saturated carbocycles. The maximum Gasteiger partial charge on any atom is 2.00 e. The molecule has 4 atom stereocenters. The largest absolute Gasteiger partial charge is 2.00 e. The summed E-state index contributed by atoms with van der Waals surface area (Å²) in [5, 5.41) is 2.99. The predicted molar refractivity (Wildman–Crippen MR) is 272 cm³/mol. The van der Waals surface area contributed by atoms with Gasteiger partial charge in [-0.15, -0.1) is 0 Å². The van der Waals surface area contributed by atoms with E-state index in [1.807, 2.05) is 72.8 Å². The van der Waals surface area contributed by atoms with Gasteiger partial charge in [-0.05, 0) is 112 Å². The van der Waals surface area contributed by atoms with Crippen LogP contribution in [0.3, 0.4) is 0 Å². The SMILES string of the molecule is CC(C)CC(C)Oc1cccc2c1-c1nc-2nc2[n-]c(nc3nc(nc4[n-]c(n1)c1cccc(OC(C)CC(C)C)c41)-c1cccc(OC(C)CC(C)C)c1-3)c1cccc(OC(C)CC(C)C)c21.[Ni+2]. The van der Waals surface area contributed by atoms with Crippen LogP contribution >= 0.6 is 0 Å². The first kappa shape index (κ1) is 49.4. The van der Waals surface area contributed by atoms with E-state index < -0.39 is 0 Å². The minimum atomic E-state index is -0.0699. The zero-order chi connectivity index (χ0) is 48.0. The normalized spacial score (nSPS) is 13.9. The molecular formula is C56H64N8NiO4. The van der Waals surface area contributed by atoms with Crippen LogP contribution in [0.25, 0.3) is 89.7 Å². The molecule has 13 heteroatoms. The van der Waals surface area contributed by atoms with Crippen molar-refractivity contribution in [2.75, 3.05) is 0 Å². The number of rotatable bonds is 16. The van der Waals surface area contributed by atoms with E-state index in [2.05, 4.69) is 83.1 Å². The van der Waals surface area contributed by atoms with Crippen LogP contribution in [0, 0.1) is 23.7 Å². The van der Waals surface area contributed by atoms with Gasteiger partial charge in [0.15, 0.2) is 0 Å². The predicted octanol–water partition coefficient (Wildman–Crippen LogP) is 13.4. The Bertz CT molecular complexity index is 2950. The van der Waals surface area contributed by atoms with Crippen molar-refractivity contribution in [1.82, 2.24) is 39.9 Å². The molecule has 0 fully saturated rings. The Hall–Kier alpha value is -6.07. The summed E-state index contributed by atoms with van der Waals surface area (Å²) in [6.45, 7) is 26.0. The Morgan fingerprint density at radius 1 is 0.362 bits per heavy atom. The van der Waals surface area contributed by atoms with Crippen molar-refractivity contribution in [1.29, 1.82) is 0 Å². The minimum Gasteiger partial charge on any atom is -0.490 e. The summed E-state index contributed by atoms with van der Waals surface area (Å²) in [5.74, 6) is 6.12. The van der Waals surface area contributed by atoms with Crippen molar-refractivity contribution in [3.05, 3.63) is 72.8 Å². The Balaban J connectivity index is 0.00000642. The molecule has 362 valence electrons. The second kappa shape index (κ2) is 20.5. The fourth-order valence-electron chi connectivity index (χ4n) is 9.83. The average molecular weight is 972 g/mol. The number of benzene rings is 4. The topological polar surface area (TPSA) is 142 Å². The van der Waals surface area contributed by atoms with Crippen molar-refractivity contribution < 1.29 is 35.4 Å². The summed E-state index contributed by atoms with van der Waals surface area (Å²) in [7, 11) is 0.